The van der Waals surface area contributed by atoms with Crippen LogP contribution in [0.5, 0.6) is 0 Å². The first kappa shape index (κ1) is 24.0. The second kappa shape index (κ2) is 10.4. The van der Waals surface area contributed by atoms with Crippen molar-refractivity contribution in [3.63, 3.8) is 0 Å². The van der Waals surface area contributed by atoms with Crippen LogP contribution in [0.1, 0.15) is 23.6 Å². The summed E-state index contributed by atoms with van der Waals surface area (Å²) in [4.78, 5) is 18.7. The molecule has 0 bridgehead atoms. The van der Waals surface area contributed by atoms with Crippen molar-refractivity contribution >= 4 is 35.6 Å². The van der Waals surface area contributed by atoms with Crippen LogP contribution in [0.3, 0.4) is 0 Å². The molecule has 172 valence electrons. The van der Waals surface area contributed by atoms with Crippen molar-refractivity contribution in [2.75, 3.05) is 4.90 Å². The summed E-state index contributed by atoms with van der Waals surface area (Å²) in [5.74, 6) is 0. The zero-order chi connectivity index (χ0) is 24.1. The summed E-state index contributed by atoms with van der Waals surface area (Å²) >= 11 is 7.44. The lowest BCUT2D eigenvalue weighted by Crippen LogP contribution is -2.29. The molecule has 1 unspecified atom stereocenters. The van der Waals surface area contributed by atoms with Gasteiger partial charge in [0, 0.05) is 27.9 Å². The summed E-state index contributed by atoms with van der Waals surface area (Å²) in [6.07, 6.45) is 4.29. The molecule has 0 aliphatic heterocycles. The van der Waals surface area contributed by atoms with Gasteiger partial charge < -0.3 is 10.0 Å². The molecule has 4 rings (SSSR count). The van der Waals surface area contributed by atoms with Crippen molar-refractivity contribution in [2.45, 2.75) is 24.0 Å². The average Bonchev–Trinajstić information content (AvgIpc) is 2.88. The maximum Gasteiger partial charge on any atom is 0.214 e. The molecule has 1 heterocycles. The number of benzene rings is 3. The van der Waals surface area contributed by atoms with Crippen molar-refractivity contribution in [3.8, 4) is 11.1 Å². The molecule has 0 radical (unpaired) electrons. The Kier molecular flexibility index (Phi) is 7.34. The van der Waals surface area contributed by atoms with Gasteiger partial charge in [0.2, 0.25) is 6.41 Å². The lowest BCUT2D eigenvalue weighted by Gasteiger charge is -2.30. The van der Waals surface area contributed by atoms with E-state index in [0.717, 1.165) is 39.9 Å². The lowest BCUT2D eigenvalue weighted by atomic mass is 9.86. The topological polar surface area (TPSA) is 79.5 Å². The number of amides is 1. The summed E-state index contributed by atoms with van der Waals surface area (Å²) in [6.45, 7) is 2.03. The smallest absolute Gasteiger partial charge is 0.214 e. The largest absolute Gasteiger partial charge is 0.381 e. The number of carbonyl (C=O) groups excluding carboxylic acids is 1. The first-order valence-electron chi connectivity index (χ1n) is 10.6. The van der Waals surface area contributed by atoms with E-state index < -0.39 is 5.60 Å². The molecular weight excluding hydrogens is 466 g/mol. The maximum atomic E-state index is 12.2. The first-order valence-corrected chi connectivity index (χ1v) is 11.9. The van der Waals surface area contributed by atoms with Crippen LogP contribution in [-0.4, -0.2) is 16.5 Å². The molecule has 1 amide bonds. The molecule has 5 nitrogen and oxygen atoms in total. The second-order valence-corrected chi connectivity index (χ2v) is 9.19. The maximum absolute atomic E-state index is 12.2. The fraction of sp³-hybridized carbons (Fsp3) is 0.111. The van der Waals surface area contributed by atoms with Gasteiger partial charge in [0.25, 0.3) is 0 Å². The molecule has 1 atom stereocenters. The molecule has 0 aliphatic carbocycles. The minimum atomic E-state index is -1.38. The number of aliphatic hydroxyl groups is 1. The Bertz CT molecular complexity index is 1260. The van der Waals surface area contributed by atoms with Crippen molar-refractivity contribution in [3.05, 3.63) is 113 Å². The van der Waals surface area contributed by atoms with Crippen LogP contribution in [0, 0.1) is 0 Å². The highest BCUT2D eigenvalue weighted by Gasteiger charge is 2.30. The van der Waals surface area contributed by atoms with E-state index in [1.54, 1.807) is 42.4 Å². The molecule has 0 fully saturated rings. The molecule has 3 N–H and O–H groups in total. The number of anilines is 1. The Morgan fingerprint density at radius 1 is 1.00 bits per heavy atom. The van der Waals surface area contributed by atoms with E-state index in [1.807, 2.05) is 60.7 Å². The van der Waals surface area contributed by atoms with Gasteiger partial charge >= 0.3 is 0 Å². The Hall–Kier alpha value is -3.16. The Labute approximate surface area is 208 Å². The average molecular weight is 490 g/mol. The third-order valence-electron chi connectivity index (χ3n) is 5.79. The quantitative estimate of drug-likeness (QED) is 0.242. The summed E-state index contributed by atoms with van der Waals surface area (Å²) < 4.78 is 0. The molecule has 7 heteroatoms. The van der Waals surface area contributed by atoms with Gasteiger partial charge in [0.15, 0.2) is 0 Å². The van der Waals surface area contributed by atoms with Gasteiger partial charge in [-0.2, -0.15) is 0 Å². The molecule has 3 aromatic carbocycles. The third-order valence-corrected chi connectivity index (χ3v) is 6.57. The SMILES string of the molecule is CC(O)(c1ccc(SN)cc1)c1cc(Cl)ccc1N(C=O)Cc1ccc(-c2ccncc2)cc1. The highest BCUT2D eigenvalue weighted by Crippen LogP contribution is 2.38. The van der Waals surface area contributed by atoms with Gasteiger partial charge in [-0.3, -0.25) is 14.9 Å². The summed E-state index contributed by atoms with van der Waals surface area (Å²) in [5.41, 5.74) is 3.50. The number of pyridine rings is 1. The number of rotatable bonds is 8. The van der Waals surface area contributed by atoms with Crippen molar-refractivity contribution in [2.24, 2.45) is 5.14 Å². The highest BCUT2D eigenvalue weighted by atomic mass is 35.5. The van der Waals surface area contributed by atoms with Crippen LogP contribution in [0.4, 0.5) is 5.69 Å². The summed E-state index contributed by atoms with van der Waals surface area (Å²) in [5, 5.41) is 17.7. The van der Waals surface area contributed by atoms with Gasteiger partial charge in [-0.25, -0.2) is 0 Å². The van der Waals surface area contributed by atoms with Gasteiger partial charge in [-0.15, -0.1) is 0 Å². The van der Waals surface area contributed by atoms with Crippen LogP contribution >= 0.6 is 23.5 Å². The van der Waals surface area contributed by atoms with Crippen molar-refractivity contribution in [1.29, 1.82) is 0 Å². The lowest BCUT2D eigenvalue weighted by molar-refractivity contribution is -0.107. The van der Waals surface area contributed by atoms with Crippen molar-refractivity contribution < 1.29 is 9.90 Å². The monoisotopic (exact) mass is 489 g/mol. The molecular formula is C27H24ClN3O2S. The van der Waals surface area contributed by atoms with Gasteiger partial charge in [-0.05, 0) is 83.6 Å². The Morgan fingerprint density at radius 3 is 2.26 bits per heavy atom. The fourth-order valence-electron chi connectivity index (χ4n) is 3.89. The number of aromatic nitrogens is 1. The normalized spacial score (nSPS) is 12.7. The summed E-state index contributed by atoms with van der Waals surface area (Å²) in [7, 11) is 0. The van der Waals surface area contributed by atoms with Gasteiger partial charge in [-0.1, -0.05) is 48.0 Å². The molecule has 0 saturated heterocycles. The number of nitrogens with two attached hydrogens (primary N) is 1. The van der Waals surface area contributed by atoms with Crippen LogP contribution < -0.4 is 10.0 Å². The summed E-state index contributed by atoms with van der Waals surface area (Å²) in [6, 6.07) is 24.4. The number of hydrogen-bond acceptors (Lipinski definition) is 5. The first-order chi connectivity index (χ1) is 16.4. The fourth-order valence-corrected chi connectivity index (χ4v) is 4.35. The van der Waals surface area contributed by atoms with E-state index in [1.165, 1.54) is 0 Å². The Balaban J connectivity index is 1.65. The van der Waals surface area contributed by atoms with E-state index in [-0.39, 0.29) is 0 Å². The Morgan fingerprint density at radius 2 is 1.65 bits per heavy atom. The molecule has 0 saturated carbocycles. The molecule has 34 heavy (non-hydrogen) atoms. The zero-order valence-electron chi connectivity index (χ0n) is 18.6. The number of halogens is 1. The highest BCUT2D eigenvalue weighted by molar-refractivity contribution is 7.97. The molecule has 4 aromatic rings. The molecule has 0 aliphatic rings. The van der Waals surface area contributed by atoms with E-state index in [9.17, 15) is 9.90 Å². The standard InChI is InChI=1S/C27H24ClN3O2S/c1-27(33,22-6-9-24(34-29)10-7-22)25-16-23(28)8-11-26(25)31(18-32)17-19-2-4-20(5-3-19)21-12-14-30-15-13-21/h2-16,18,33H,17,29H2,1H3. The zero-order valence-corrected chi connectivity index (χ0v) is 20.1. The third kappa shape index (κ3) is 5.16. The molecule has 1 aromatic heterocycles. The number of hydrogen-bond donors (Lipinski definition) is 2. The van der Waals surface area contributed by atoms with Crippen LogP contribution in [0.2, 0.25) is 5.02 Å². The number of nitrogens with zero attached hydrogens (tertiary/aromatic N) is 2. The van der Waals surface area contributed by atoms with Gasteiger partial charge in [0.1, 0.15) is 5.60 Å². The second-order valence-electron chi connectivity index (χ2n) is 8.04. The minimum Gasteiger partial charge on any atom is -0.381 e. The minimum absolute atomic E-state index is 0.341. The van der Waals surface area contributed by atoms with Crippen molar-refractivity contribution in [1.82, 2.24) is 4.98 Å². The predicted octanol–water partition coefficient (Wildman–Crippen LogP) is 5.79. The number of carbonyl (C=O) groups is 1. The van der Waals surface area contributed by atoms with E-state index in [2.05, 4.69) is 4.98 Å². The van der Waals surface area contributed by atoms with Crippen LogP contribution in [0.15, 0.2) is 96.2 Å². The van der Waals surface area contributed by atoms with Crippen LogP contribution in [0.25, 0.3) is 11.1 Å². The van der Waals surface area contributed by atoms with Crippen LogP contribution in [-0.2, 0) is 16.9 Å². The van der Waals surface area contributed by atoms with E-state index >= 15 is 0 Å². The van der Waals surface area contributed by atoms with E-state index in [0.29, 0.717) is 28.4 Å². The van der Waals surface area contributed by atoms with E-state index in [4.69, 9.17) is 16.7 Å². The van der Waals surface area contributed by atoms with Gasteiger partial charge in [0.05, 0.1) is 12.2 Å². The predicted molar refractivity (Wildman–Crippen MR) is 139 cm³/mol. The molecule has 0 spiro atoms.